The maximum Gasteiger partial charge on any atom is 0.258 e. The van der Waals surface area contributed by atoms with E-state index < -0.39 is 11.7 Å². The van der Waals surface area contributed by atoms with Crippen molar-refractivity contribution in [1.29, 1.82) is 0 Å². The Hall–Kier alpha value is -3.11. The number of fused-ring (bicyclic) bond motifs is 1. The lowest BCUT2D eigenvalue weighted by Gasteiger charge is -2.05. The first-order chi connectivity index (χ1) is 14.0. The van der Waals surface area contributed by atoms with Crippen molar-refractivity contribution in [3.8, 4) is 0 Å². The number of benzene rings is 1. The van der Waals surface area contributed by atoms with Crippen molar-refractivity contribution in [2.24, 2.45) is 0 Å². The van der Waals surface area contributed by atoms with Gasteiger partial charge in [-0.25, -0.2) is 9.37 Å². The van der Waals surface area contributed by atoms with E-state index in [2.05, 4.69) is 20.5 Å². The summed E-state index contributed by atoms with van der Waals surface area (Å²) in [5.41, 5.74) is 2.37. The molecule has 4 aromatic rings. The molecule has 0 fully saturated rings. The number of aryl methyl sites for hydroxylation is 1. The van der Waals surface area contributed by atoms with Gasteiger partial charge in [-0.05, 0) is 42.8 Å². The lowest BCUT2D eigenvalue weighted by Crippen LogP contribution is -2.15. The summed E-state index contributed by atoms with van der Waals surface area (Å²) < 4.78 is 15.1. The number of hydrogen-bond acceptors (Lipinski definition) is 7. The Kier molecular flexibility index (Phi) is 5.36. The Morgan fingerprint density at radius 1 is 1.24 bits per heavy atom. The van der Waals surface area contributed by atoms with Gasteiger partial charge in [0.25, 0.3) is 11.5 Å². The van der Waals surface area contributed by atoms with Crippen molar-refractivity contribution in [2.75, 3.05) is 5.32 Å². The number of pyridine rings is 1. The predicted octanol–water partition coefficient (Wildman–Crippen LogP) is 3.54. The fourth-order valence-corrected chi connectivity index (χ4v) is 4.25. The highest BCUT2D eigenvalue weighted by molar-refractivity contribution is 8.00. The summed E-state index contributed by atoms with van der Waals surface area (Å²) >= 11 is 2.59. The predicted molar refractivity (Wildman–Crippen MR) is 110 cm³/mol. The van der Waals surface area contributed by atoms with E-state index in [1.807, 2.05) is 19.1 Å². The van der Waals surface area contributed by atoms with Gasteiger partial charge >= 0.3 is 0 Å². The third-order valence-corrected chi connectivity index (χ3v) is 6.02. The minimum atomic E-state index is -0.409. The molecule has 3 heterocycles. The highest BCUT2D eigenvalue weighted by Gasteiger charge is 2.12. The summed E-state index contributed by atoms with van der Waals surface area (Å²) in [4.78, 5) is 29.0. The van der Waals surface area contributed by atoms with E-state index in [9.17, 15) is 14.0 Å². The van der Waals surface area contributed by atoms with Gasteiger partial charge in [0.2, 0.25) is 5.13 Å². The Balaban J connectivity index is 1.44. The topological polar surface area (TPSA) is 89.3 Å². The fraction of sp³-hybridized carbons (Fsp3) is 0.105. The summed E-state index contributed by atoms with van der Waals surface area (Å²) in [5.74, 6) is -0.355. The number of carbonyl (C=O) groups excluding carboxylic acids is 1. The molecule has 146 valence electrons. The lowest BCUT2D eigenvalue weighted by molar-refractivity contribution is 0.102. The number of nitrogens with zero attached hydrogens (tertiary/aromatic N) is 4. The molecule has 0 radical (unpaired) electrons. The number of halogens is 1. The van der Waals surface area contributed by atoms with Crippen molar-refractivity contribution >= 4 is 39.8 Å². The van der Waals surface area contributed by atoms with Crippen LogP contribution in [0.15, 0.2) is 57.8 Å². The molecule has 0 saturated heterocycles. The van der Waals surface area contributed by atoms with Crippen LogP contribution in [0.4, 0.5) is 9.52 Å². The SMILES string of the molecule is Cc1cccn2c(=O)cc(CSc3nnc(NC(=O)c4ccc(F)cc4)s3)nc12. The molecule has 0 aliphatic rings. The number of carbonyl (C=O) groups is 1. The molecule has 7 nitrogen and oxygen atoms in total. The van der Waals surface area contributed by atoms with Gasteiger partial charge in [-0.3, -0.25) is 19.3 Å². The number of nitrogens with one attached hydrogen (secondary N) is 1. The highest BCUT2D eigenvalue weighted by Crippen LogP contribution is 2.28. The molecule has 0 bridgehead atoms. The third-order valence-electron chi connectivity index (χ3n) is 4.02. The second-order valence-corrected chi connectivity index (χ2v) is 8.29. The van der Waals surface area contributed by atoms with Crippen molar-refractivity contribution in [3.63, 3.8) is 0 Å². The summed E-state index contributed by atoms with van der Waals surface area (Å²) in [6, 6.07) is 10.4. The fourth-order valence-electron chi connectivity index (χ4n) is 2.61. The molecule has 4 rings (SSSR count). The molecule has 1 amide bonds. The van der Waals surface area contributed by atoms with E-state index >= 15 is 0 Å². The number of aromatic nitrogens is 4. The third kappa shape index (κ3) is 4.33. The number of anilines is 1. The van der Waals surface area contributed by atoms with Gasteiger partial charge < -0.3 is 0 Å². The Bertz CT molecular complexity index is 1250. The molecule has 0 unspecified atom stereocenters. The van der Waals surface area contributed by atoms with Crippen LogP contribution in [0.3, 0.4) is 0 Å². The van der Waals surface area contributed by atoms with Gasteiger partial charge in [0.1, 0.15) is 11.5 Å². The zero-order valence-electron chi connectivity index (χ0n) is 15.1. The second kappa shape index (κ2) is 8.10. The molecule has 1 aromatic carbocycles. The molecular weight excluding hydrogens is 413 g/mol. The molecule has 29 heavy (non-hydrogen) atoms. The van der Waals surface area contributed by atoms with Crippen LogP contribution in [0, 0.1) is 12.7 Å². The normalized spacial score (nSPS) is 11.0. The molecule has 0 spiro atoms. The van der Waals surface area contributed by atoms with E-state index in [1.54, 1.807) is 6.20 Å². The van der Waals surface area contributed by atoms with Crippen molar-refractivity contribution < 1.29 is 9.18 Å². The maximum atomic E-state index is 13.0. The molecule has 0 saturated carbocycles. The smallest absolute Gasteiger partial charge is 0.258 e. The Labute approximate surface area is 172 Å². The van der Waals surface area contributed by atoms with Crippen LogP contribution in [0.25, 0.3) is 5.65 Å². The quantitative estimate of drug-likeness (QED) is 0.387. The van der Waals surface area contributed by atoms with Crippen molar-refractivity contribution in [1.82, 2.24) is 19.6 Å². The molecule has 0 atom stereocenters. The molecular formula is C19H14FN5O2S2. The van der Waals surface area contributed by atoms with Crippen LogP contribution >= 0.6 is 23.1 Å². The number of amides is 1. The number of rotatable bonds is 5. The minimum Gasteiger partial charge on any atom is -0.296 e. The minimum absolute atomic E-state index is 0.140. The summed E-state index contributed by atoms with van der Waals surface area (Å²) in [6.45, 7) is 1.90. The van der Waals surface area contributed by atoms with Crippen LogP contribution in [0.1, 0.15) is 21.6 Å². The molecule has 0 aliphatic heterocycles. The number of hydrogen-bond donors (Lipinski definition) is 1. The van der Waals surface area contributed by atoms with E-state index in [4.69, 9.17) is 0 Å². The first-order valence-electron chi connectivity index (χ1n) is 8.51. The van der Waals surface area contributed by atoms with E-state index in [1.165, 1.54) is 57.8 Å². The zero-order chi connectivity index (χ0) is 20.4. The first kappa shape index (κ1) is 19.2. The number of thioether (sulfide) groups is 1. The van der Waals surface area contributed by atoms with Crippen LogP contribution in [-0.4, -0.2) is 25.5 Å². The average molecular weight is 427 g/mol. The molecule has 1 N–H and O–H groups in total. The second-order valence-electron chi connectivity index (χ2n) is 6.09. The largest absolute Gasteiger partial charge is 0.296 e. The van der Waals surface area contributed by atoms with Gasteiger partial charge in [-0.2, -0.15) is 0 Å². The van der Waals surface area contributed by atoms with Crippen molar-refractivity contribution in [3.05, 3.63) is 81.7 Å². The van der Waals surface area contributed by atoms with Crippen LogP contribution in [0.5, 0.6) is 0 Å². The van der Waals surface area contributed by atoms with E-state index in [0.29, 0.717) is 32.1 Å². The molecule has 0 aliphatic carbocycles. The maximum absolute atomic E-state index is 13.0. The highest BCUT2D eigenvalue weighted by atomic mass is 32.2. The summed E-state index contributed by atoms with van der Waals surface area (Å²) in [6.07, 6.45) is 1.69. The Morgan fingerprint density at radius 3 is 2.83 bits per heavy atom. The summed E-state index contributed by atoms with van der Waals surface area (Å²) in [5, 5.41) is 11.0. The monoisotopic (exact) mass is 427 g/mol. The van der Waals surface area contributed by atoms with Gasteiger partial charge in [0.15, 0.2) is 4.34 Å². The molecule has 10 heteroatoms. The van der Waals surface area contributed by atoms with Crippen LogP contribution in [0.2, 0.25) is 0 Å². The van der Waals surface area contributed by atoms with Gasteiger partial charge in [0, 0.05) is 23.6 Å². The van der Waals surface area contributed by atoms with E-state index in [0.717, 1.165) is 5.56 Å². The first-order valence-corrected chi connectivity index (χ1v) is 10.3. The van der Waals surface area contributed by atoms with Gasteiger partial charge in [-0.1, -0.05) is 29.2 Å². The molecule has 3 aromatic heterocycles. The van der Waals surface area contributed by atoms with Gasteiger partial charge in [0.05, 0.1) is 5.69 Å². The lowest BCUT2D eigenvalue weighted by atomic mass is 10.2. The van der Waals surface area contributed by atoms with Gasteiger partial charge in [-0.15, -0.1) is 10.2 Å². The zero-order valence-corrected chi connectivity index (χ0v) is 16.8. The van der Waals surface area contributed by atoms with Crippen LogP contribution in [-0.2, 0) is 5.75 Å². The average Bonchev–Trinajstić information content (AvgIpc) is 3.15. The van der Waals surface area contributed by atoms with Crippen LogP contribution < -0.4 is 10.9 Å². The van der Waals surface area contributed by atoms with E-state index in [-0.39, 0.29) is 5.56 Å². The Morgan fingerprint density at radius 2 is 2.03 bits per heavy atom. The van der Waals surface area contributed by atoms with Crippen molar-refractivity contribution in [2.45, 2.75) is 17.0 Å². The standard InChI is InChI=1S/C19H14FN5O2S2/c1-11-3-2-8-25-15(26)9-14(21-16(11)25)10-28-19-24-23-18(29-19)22-17(27)12-4-6-13(20)7-5-12/h2-9H,10H2,1H3,(H,22,23,27). The summed E-state index contributed by atoms with van der Waals surface area (Å²) in [7, 11) is 0.